The van der Waals surface area contributed by atoms with E-state index in [1.807, 2.05) is 0 Å². The number of anilines is 1. The van der Waals surface area contributed by atoms with E-state index in [0.717, 1.165) is 43.1 Å². The molecule has 2 fully saturated rings. The summed E-state index contributed by atoms with van der Waals surface area (Å²) in [6, 6.07) is 9.42. The van der Waals surface area contributed by atoms with Crippen LogP contribution < -0.4 is 14.9 Å². The largest absolute Gasteiger partial charge is 0.351 e. The number of hydrogen-bond acceptors (Lipinski definition) is 4. The fourth-order valence-corrected chi connectivity index (χ4v) is 5.99. The van der Waals surface area contributed by atoms with Crippen LogP contribution in [0.2, 0.25) is 5.02 Å². The summed E-state index contributed by atoms with van der Waals surface area (Å²) in [6.45, 7) is 2.14. The van der Waals surface area contributed by atoms with Gasteiger partial charge in [-0.25, -0.2) is 4.39 Å². The fourth-order valence-electron chi connectivity index (χ4n) is 4.49. The molecule has 0 spiro atoms. The Morgan fingerprint density at radius 1 is 1.08 bits per heavy atom. The molecule has 1 saturated carbocycles. The second-order valence-corrected chi connectivity index (χ2v) is 11.3. The number of rotatable bonds is 9. The van der Waals surface area contributed by atoms with Crippen LogP contribution in [0.4, 0.5) is 10.1 Å². The van der Waals surface area contributed by atoms with Crippen molar-refractivity contribution >= 4 is 39.3 Å². The van der Waals surface area contributed by atoms with Crippen LogP contribution in [-0.4, -0.2) is 49.7 Å². The van der Waals surface area contributed by atoms with Gasteiger partial charge in [0.2, 0.25) is 11.8 Å². The third-order valence-corrected chi connectivity index (χ3v) is 8.46. The van der Waals surface area contributed by atoms with E-state index in [0.29, 0.717) is 18.7 Å². The van der Waals surface area contributed by atoms with E-state index in [-0.39, 0.29) is 16.8 Å². The van der Waals surface area contributed by atoms with Crippen LogP contribution in [0.3, 0.4) is 0 Å². The number of benzene rings is 2. The first kappa shape index (κ1) is 26.5. The summed E-state index contributed by atoms with van der Waals surface area (Å²) in [6.07, 6.45) is 4.72. The SMILES string of the molecule is C[C@H](NS(=O)(=O)N1CC1)C(=O)N(c1cccc(F)c1)C(C(=O)NC1CCCCC1)c1ccccc1Cl. The number of nitrogens with zero attached hydrogens (tertiary/aromatic N) is 2. The molecular weight excluding hydrogens is 507 g/mol. The first-order chi connectivity index (χ1) is 17.2. The van der Waals surface area contributed by atoms with Crippen molar-refractivity contribution in [3.63, 3.8) is 0 Å². The van der Waals surface area contributed by atoms with Crippen molar-refractivity contribution in [3.05, 3.63) is 64.9 Å². The Hall–Kier alpha value is -2.53. The number of hydrogen-bond donors (Lipinski definition) is 2. The van der Waals surface area contributed by atoms with E-state index in [1.54, 1.807) is 24.3 Å². The molecule has 1 unspecified atom stereocenters. The van der Waals surface area contributed by atoms with Gasteiger partial charge in [0.15, 0.2) is 0 Å². The van der Waals surface area contributed by atoms with E-state index in [9.17, 15) is 22.4 Å². The van der Waals surface area contributed by atoms with Crippen LogP contribution in [0.5, 0.6) is 0 Å². The van der Waals surface area contributed by atoms with Gasteiger partial charge in [0.1, 0.15) is 11.9 Å². The van der Waals surface area contributed by atoms with E-state index < -0.39 is 39.9 Å². The van der Waals surface area contributed by atoms with Crippen LogP contribution in [-0.2, 0) is 19.8 Å². The molecule has 2 aromatic rings. The fraction of sp³-hybridized carbons (Fsp3) is 0.440. The Morgan fingerprint density at radius 3 is 2.42 bits per heavy atom. The molecule has 0 aromatic heterocycles. The highest BCUT2D eigenvalue weighted by Crippen LogP contribution is 2.33. The molecule has 36 heavy (non-hydrogen) atoms. The van der Waals surface area contributed by atoms with Crippen LogP contribution in [0, 0.1) is 5.82 Å². The molecule has 1 saturated heterocycles. The summed E-state index contributed by atoms with van der Waals surface area (Å²) in [7, 11) is -3.86. The third-order valence-electron chi connectivity index (χ3n) is 6.42. The molecule has 1 aliphatic heterocycles. The molecule has 0 radical (unpaired) electrons. The molecule has 4 rings (SSSR count). The maximum atomic E-state index is 14.3. The first-order valence-electron chi connectivity index (χ1n) is 12.1. The second kappa shape index (κ2) is 11.2. The lowest BCUT2D eigenvalue weighted by Gasteiger charge is -2.35. The molecule has 2 aromatic carbocycles. The van der Waals surface area contributed by atoms with Crippen LogP contribution in [0.25, 0.3) is 0 Å². The normalized spacial score (nSPS) is 18.3. The quantitative estimate of drug-likeness (QED) is 0.479. The Balaban J connectivity index is 1.75. The summed E-state index contributed by atoms with van der Waals surface area (Å²) in [5.41, 5.74) is 0.465. The van der Waals surface area contributed by atoms with Gasteiger partial charge in [-0.3, -0.25) is 14.5 Å². The zero-order valence-corrected chi connectivity index (χ0v) is 21.6. The highest BCUT2D eigenvalue weighted by molar-refractivity contribution is 7.87. The topological polar surface area (TPSA) is 98.6 Å². The van der Waals surface area contributed by atoms with Crippen molar-refractivity contribution in [3.8, 4) is 0 Å². The number of carbonyl (C=O) groups excluding carboxylic acids is 2. The van der Waals surface area contributed by atoms with E-state index >= 15 is 0 Å². The smallest absolute Gasteiger partial charge is 0.280 e. The molecule has 2 aliphatic rings. The summed E-state index contributed by atoms with van der Waals surface area (Å²) < 4.78 is 42.9. The van der Waals surface area contributed by atoms with Gasteiger partial charge in [0.05, 0.1) is 6.04 Å². The first-order valence-corrected chi connectivity index (χ1v) is 13.9. The minimum atomic E-state index is -3.86. The highest BCUT2D eigenvalue weighted by atomic mass is 35.5. The number of nitrogens with one attached hydrogen (secondary N) is 2. The van der Waals surface area contributed by atoms with Crippen LogP contribution in [0.15, 0.2) is 48.5 Å². The maximum absolute atomic E-state index is 14.3. The van der Waals surface area contributed by atoms with Gasteiger partial charge in [-0.05, 0) is 44.0 Å². The molecule has 2 atom stereocenters. The lowest BCUT2D eigenvalue weighted by Crippen LogP contribution is -2.53. The van der Waals surface area contributed by atoms with Gasteiger partial charge in [-0.15, -0.1) is 0 Å². The minimum absolute atomic E-state index is 0.0562. The summed E-state index contributed by atoms with van der Waals surface area (Å²) >= 11 is 6.50. The predicted molar refractivity (Wildman–Crippen MR) is 136 cm³/mol. The number of halogens is 2. The molecule has 8 nitrogen and oxygen atoms in total. The molecule has 194 valence electrons. The molecule has 2 N–H and O–H groups in total. The standard InChI is InChI=1S/C25H30ClFN4O4S/c1-17(29-36(34,35)30-14-15-30)25(33)31(20-11-7-8-18(27)16-20)23(21-12-5-6-13-22(21)26)24(32)28-19-9-3-2-4-10-19/h5-8,11-13,16-17,19,23,29H,2-4,9-10,14-15H2,1H3,(H,28,32)/t17-,23?/m0/s1. The predicted octanol–water partition coefficient (Wildman–Crippen LogP) is 3.54. The summed E-state index contributed by atoms with van der Waals surface area (Å²) in [5, 5.41) is 3.30. The van der Waals surface area contributed by atoms with E-state index in [4.69, 9.17) is 11.6 Å². The monoisotopic (exact) mass is 536 g/mol. The molecule has 0 bridgehead atoms. The Labute approximate surface area is 216 Å². The van der Waals surface area contributed by atoms with Crippen molar-refractivity contribution in [2.45, 2.75) is 57.2 Å². The van der Waals surface area contributed by atoms with Crippen molar-refractivity contribution in [2.24, 2.45) is 0 Å². The molecular formula is C25H30ClFN4O4S. The number of carbonyl (C=O) groups is 2. The lowest BCUT2D eigenvalue weighted by atomic mass is 9.94. The van der Waals surface area contributed by atoms with Crippen molar-refractivity contribution in [1.82, 2.24) is 14.3 Å². The summed E-state index contributed by atoms with van der Waals surface area (Å²) in [4.78, 5) is 28.8. The Bertz CT molecular complexity index is 1220. The van der Waals surface area contributed by atoms with Gasteiger partial charge in [-0.2, -0.15) is 17.4 Å². The Kier molecular flexibility index (Phi) is 8.29. The van der Waals surface area contributed by atoms with Crippen LogP contribution in [0.1, 0.15) is 50.6 Å². The molecule has 11 heteroatoms. The van der Waals surface area contributed by atoms with Crippen molar-refractivity contribution < 1.29 is 22.4 Å². The average Bonchev–Trinajstić information content (AvgIpc) is 3.69. The average molecular weight is 537 g/mol. The summed E-state index contributed by atoms with van der Waals surface area (Å²) in [5.74, 6) is -1.78. The zero-order valence-electron chi connectivity index (χ0n) is 20.0. The van der Waals surface area contributed by atoms with Crippen molar-refractivity contribution in [1.29, 1.82) is 0 Å². The second-order valence-electron chi connectivity index (χ2n) is 9.20. The lowest BCUT2D eigenvalue weighted by molar-refractivity contribution is -0.127. The highest BCUT2D eigenvalue weighted by Gasteiger charge is 2.40. The third kappa shape index (κ3) is 6.23. The van der Waals surface area contributed by atoms with Crippen molar-refractivity contribution in [2.75, 3.05) is 18.0 Å². The van der Waals surface area contributed by atoms with Gasteiger partial charge in [0, 0.05) is 35.4 Å². The van der Waals surface area contributed by atoms with Gasteiger partial charge < -0.3 is 5.32 Å². The van der Waals surface area contributed by atoms with Gasteiger partial charge >= 0.3 is 0 Å². The maximum Gasteiger partial charge on any atom is 0.280 e. The van der Waals surface area contributed by atoms with Crippen LogP contribution >= 0.6 is 11.6 Å². The molecule has 2 amide bonds. The molecule has 1 aliphatic carbocycles. The molecule has 1 heterocycles. The van der Waals surface area contributed by atoms with E-state index in [2.05, 4.69) is 10.0 Å². The Morgan fingerprint density at radius 2 is 1.78 bits per heavy atom. The number of amides is 2. The van der Waals surface area contributed by atoms with Gasteiger partial charge in [-0.1, -0.05) is 55.1 Å². The van der Waals surface area contributed by atoms with Gasteiger partial charge in [0.25, 0.3) is 10.2 Å². The zero-order chi connectivity index (χ0) is 25.9. The van der Waals surface area contributed by atoms with E-state index in [1.165, 1.54) is 29.4 Å². The minimum Gasteiger partial charge on any atom is -0.351 e.